The highest BCUT2D eigenvalue weighted by Gasteiger charge is 2.18. The number of hydrogen-bond donors (Lipinski definition) is 2. The smallest absolute Gasteiger partial charge is 0.319 e. The molecule has 3 rings (SSSR count). The fraction of sp³-hybridized carbons (Fsp3) is 0.316. The predicted octanol–water partition coefficient (Wildman–Crippen LogP) is 2.07. The lowest BCUT2D eigenvalue weighted by Crippen LogP contribution is -2.31. The first-order chi connectivity index (χ1) is 13.8. The molecule has 1 aromatic heterocycles. The van der Waals surface area contributed by atoms with Gasteiger partial charge in [0.1, 0.15) is 5.52 Å². The lowest BCUT2D eigenvalue weighted by atomic mass is 10.1. The van der Waals surface area contributed by atoms with Crippen molar-refractivity contribution in [2.75, 3.05) is 26.0 Å². The molecule has 2 N–H and O–H groups in total. The van der Waals surface area contributed by atoms with Crippen LogP contribution in [-0.2, 0) is 23.0 Å². The molecule has 0 atom stereocenters. The fourth-order valence-corrected chi connectivity index (χ4v) is 3.69. The van der Waals surface area contributed by atoms with E-state index in [1.54, 1.807) is 10.7 Å². The molecule has 9 nitrogen and oxygen atoms in total. The molecule has 1 heterocycles. The van der Waals surface area contributed by atoms with Crippen LogP contribution in [0.15, 0.2) is 47.4 Å². The van der Waals surface area contributed by atoms with E-state index in [9.17, 15) is 13.2 Å². The third kappa shape index (κ3) is 4.72. The average Bonchev–Trinajstić information content (AvgIpc) is 3.11. The van der Waals surface area contributed by atoms with Gasteiger partial charge in [0.05, 0.1) is 17.0 Å². The van der Waals surface area contributed by atoms with E-state index in [1.165, 1.54) is 31.8 Å². The molecule has 2 aromatic carbocycles. The largest absolute Gasteiger partial charge is 0.336 e. The second kappa shape index (κ2) is 8.58. The first-order valence-corrected chi connectivity index (χ1v) is 10.6. The maximum absolute atomic E-state index is 12.2. The number of amides is 2. The van der Waals surface area contributed by atoms with Crippen LogP contribution in [0.5, 0.6) is 0 Å². The normalized spacial score (nSPS) is 11.7. The van der Waals surface area contributed by atoms with Crippen LogP contribution < -0.4 is 10.6 Å². The second-order valence-corrected chi connectivity index (χ2v) is 8.83. The zero-order valence-electron chi connectivity index (χ0n) is 16.6. The molecule has 0 aliphatic heterocycles. The van der Waals surface area contributed by atoms with Crippen LogP contribution in [0.4, 0.5) is 10.5 Å². The highest BCUT2D eigenvalue weighted by atomic mass is 32.2. The van der Waals surface area contributed by atoms with E-state index in [2.05, 4.69) is 27.9 Å². The minimum atomic E-state index is -3.53. The van der Waals surface area contributed by atoms with Gasteiger partial charge < -0.3 is 10.6 Å². The predicted molar refractivity (Wildman–Crippen MR) is 111 cm³/mol. The molecule has 0 aliphatic rings. The summed E-state index contributed by atoms with van der Waals surface area (Å²) < 4.78 is 27.2. The van der Waals surface area contributed by atoms with Crippen molar-refractivity contribution in [3.05, 3.63) is 48.0 Å². The molecule has 10 heteroatoms. The van der Waals surface area contributed by atoms with E-state index in [4.69, 9.17) is 0 Å². The van der Waals surface area contributed by atoms with Crippen molar-refractivity contribution in [1.82, 2.24) is 24.6 Å². The van der Waals surface area contributed by atoms with Gasteiger partial charge in [0, 0.05) is 26.3 Å². The Labute approximate surface area is 169 Å². The molecular formula is C19H24N6O3S. The van der Waals surface area contributed by atoms with Crippen molar-refractivity contribution >= 4 is 32.8 Å². The van der Waals surface area contributed by atoms with Crippen LogP contribution in [0, 0.1) is 0 Å². The van der Waals surface area contributed by atoms with Gasteiger partial charge in [-0.25, -0.2) is 22.2 Å². The summed E-state index contributed by atoms with van der Waals surface area (Å²) in [5.74, 6) is 0. The number of benzene rings is 2. The van der Waals surface area contributed by atoms with Crippen LogP contribution in [0.25, 0.3) is 11.0 Å². The van der Waals surface area contributed by atoms with Crippen LogP contribution in [-0.4, -0.2) is 54.4 Å². The lowest BCUT2D eigenvalue weighted by molar-refractivity contribution is 0.251. The number of rotatable bonds is 7. The number of anilines is 1. The van der Waals surface area contributed by atoms with E-state index in [0.717, 1.165) is 16.4 Å². The quantitative estimate of drug-likeness (QED) is 0.613. The molecule has 0 spiro atoms. The first-order valence-electron chi connectivity index (χ1n) is 9.21. The Morgan fingerprint density at radius 1 is 1.14 bits per heavy atom. The van der Waals surface area contributed by atoms with E-state index in [1.807, 2.05) is 24.3 Å². The minimum Gasteiger partial charge on any atom is -0.336 e. The van der Waals surface area contributed by atoms with E-state index < -0.39 is 10.0 Å². The molecule has 0 fully saturated rings. The molecule has 0 aliphatic carbocycles. The Bertz CT molecular complexity index is 1110. The summed E-state index contributed by atoms with van der Waals surface area (Å²) >= 11 is 0. The summed E-state index contributed by atoms with van der Waals surface area (Å²) in [6.45, 7) is 2.82. The number of aromatic nitrogens is 3. The van der Waals surface area contributed by atoms with Crippen LogP contribution >= 0.6 is 0 Å². The van der Waals surface area contributed by atoms with Crippen molar-refractivity contribution in [2.24, 2.45) is 0 Å². The Balaban J connectivity index is 1.60. The molecule has 0 saturated carbocycles. The third-order valence-electron chi connectivity index (χ3n) is 4.49. The molecule has 154 valence electrons. The number of urea groups is 1. The van der Waals surface area contributed by atoms with Crippen molar-refractivity contribution in [2.45, 2.75) is 24.8 Å². The number of nitrogens with zero attached hydrogens (tertiary/aromatic N) is 4. The van der Waals surface area contributed by atoms with Gasteiger partial charge in [-0.05, 0) is 42.3 Å². The Morgan fingerprint density at radius 2 is 1.86 bits per heavy atom. The lowest BCUT2D eigenvalue weighted by Gasteiger charge is -2.11. The number of carbonyl (C=O) groups is 1. The fourth-order valence-electron chi connectivity index (χ4n) is 2.76. The van der Waals surface area contributed by atoms with Crippen LogP contribution in [0.3, 0.4) is 0 Å². The highest BCUT2D eigenvalue weighted by molar-refractivity contribution is 7.89. The highest BCUT2D eigenvalue weighted by Crippen LogP contribution is 2.19. The monoisotopic (exact) mass is 416 g/mol. The van der Waals surface area contributed by atoms with Gasteiger partial charge in [0.15, 0.2) is 0 Å². The van der Waals surface area contributed by atoms with E-state index >= 15 is 0 Å². The molecule has 2 amide bonds. The zero-order valence-corrected chi connectivity index (χ0v) is 17.4. The maximum atomic E-state index is 12.2. The van der Waals surface area contributed by atoms with Gasteiger partial charge in [0.2, 0.25) is 10.0 Å². The Morgan fingerprint density at radius 3 is 2.52 bits per heavy atom. The molecule has 0 saturated heterocycles. The molecule has 0 unspecified atom stereocenters. The maximum Gasteiger partial charge on any atom is 0.319 e. The molecule has 29 heavy (non-hydrogen) atoms. The Hall–Kier alpha value is -2.98. The van der Waals surface area contributed by atoms with E-state index in [0.29, 0.717) is 24.1 Å². The number of nitrogens with one attached hydrogen (secondary N) is 2. The average molecular weight is 417 g/mol. The van der Waals surface area contributed by atoms with Gasteiger partial charge in [-0.1, -0.05) is 24.3 Å². The first kappa shape index (κ1) is 20.7. The molecule has 0 radical (unpaired) electrons. The summed E-state index contributed by atoms with van der Waals surface area (Å²) in [6.07, 6.45) is 0.945. The molecule has 0 bridgehead atoms. The van der Waals surface area contributed by atoms with Gasteiger partial charge in [-0.2, -0.15) is 0 Å². The summed E-state index contributed by atoms with van der Waals surface area (Å²) in [6, 6.07) is 12.1. The number of carbonyl (C=O) groups excluding carboxylic acids is 1. The summed E-state index contributed by atoms with van der Waals surface area (Å²) in [5, 5.41) is 13.6. The molecule has 3 aromatic rings. The van der Waals surface area contributed by atoms with Crippen LogP contribution in [0.2, 0.25) is 0 Å². The van der Waals surface area contributed by atoms with Crippen molar-refractivity contribution in [1.29, 1.82) is 0 Å². The zero-order chi connectivity index (χ0) is 21.0. The standard InChI is InChI=1S/C19H24N6O3S/c1-4-14-5-7-15(8-6-14)21-19(26)20-11-12-25-18-10-9-16(13-17(18)22-23-25)29(27,28)24(2)3/h5-10,13H,4,11-12H2,1-3H3,(H2,20,21,26). The summed E-state index contributed by atoms with van der Waals surface area (Å²) in [7, 11) is -0.576. The van der Waals surface area contributed by atoms with Crippen molar-refractivity contribution < 1.29 is 13.2 Å². The number of fused-ring (bicyclic) bond motifs is 1. The van der Waals surface area contributed by atoms with Gasteiger partial charge in [0.25, 0.3) is 0 Å². The minimum absolute atomic E-state index is 0.161. The SMILES string of the molecule is CCc1ccc(NC(=O)NCCn2nnc3cc(S(=O)(=O)N(C)C)ccc32)cc1. The van der Waals surface area contributed by atoms with Crippen LogP contribution in [0.1, 0.15) is 12.5 Å². The number of sulfonamides is 1. The number of aryl methyl sites for hydroxylation is 1. The van der Waals surface area contributed by atoms with Crippen molar-refractivity contribution in [3.8, 4) is 0 Å². The van der Waals surface area contributed by atoms with Gasteiger partial charge in [-0.15, -0.1) is 5.10 Å². The summed E-state index contributed by atoms with van der Waals surface area (Å²) in [4.78, 5) is 12.2. The van der Waals surface area contributed by atoms with E-state index in [-0.39, 0.29) is 10.9 Å². The number of hydrogen-bond acceptors (Lipinski definition) is 5. The van der Waals surface area contributed by atoms with Crippen molar-refractivity contribution in [3.63, 3.8) is 0 Å². The topological polar surface area (TPSA) is 109 Å². The third-order valence-corrected chi connectivity index (χ3v) is 6.30. The summed E-state index contributed by atoms with van der Waals surface area (Å²) in [5.41, 5.74) is 3.10. The second-order valence-electron chi connectivity index (χ2n) is 6.68. The van der Waals surface area contributed by atoms with Gasteiger partial charge in [-0.3, -0.25) is 0 Å². The Kier molecular flexibility index (Phi) is 6.14. The molecular weight excluding hydrogens is 392 g/mol. The van der Waals surface area contributed by atoms with Gasteiger partial charge >= 0.3 is 6.03 Å².